The van der Waals surface area contributed by atoms with Gasteiger partial charge in [0, 0.05) is 6.07 Å². The Morgan fingerprint density at radius 1 is 0.909 bits per heavy atom. The molecule has 3 aromatic rings. The van der Waals surface area contributed by atoms with E-state index in [0.717, 1.165) is 11.3 Å². The Balaban J connectivity index is 1.50. The van der Waals surface area contributed by atoms with Crippen molar-refractivity contribution in [2.24, 2.45) is 0 Å². The molecule has 3 aromatic carbocycles. The smallest absolute Gasteiger partial charge is 0.343 e. The van der Waals surface area contributed by atoms with E-state index in [1.54, 1.807) is 30.3 Å². The Morgan fingerprint density at radius 3 is 2.33 bits per heavy atom. The second-order valence-corrected chi connectivity index (χ2v) is 7.06. The fraction of sp³-hybridized carbons (Fsp3) is 0.154. The van der Waals surface area contributed by atoms with Crippen LogP contribution in [-0.4, -0.2) is 32.6 Å². The number of rotatable bonds is 7. The molecule has 0 amide bonds. The van der Waals surface area contributed by atoms with Crippen LogP contribution >= 0.6 is 0 Å². The van der Waals surface area contributed by atoms with E-state index in [9.17, 15) is 9.59 Å². The summed E-state index contributed by atoms with van der Waals surface area (Å²) in [7, 11) is 3.00. The molecule has 1 aliphatic rings. The van der Waals surface area contributed by atoms with Gasteiger partial charge in [0.1, 0.15) is 17.2 Å². The lowest BCUT2D eigenvalue weighted by Crippen LogP contribution is -2.09. The summed E-state index contributed by atoms with van der Waals surface area (Å²) >= 11 is 0. The summed E-state index contributed by atoms with van der Waals surface area (Å²) < 4.78 is 27.0. The molecule has 0 aromatic heterocycles. The molecule has 1 heterocycles. The third-order valence-corrected chi connectivity index (χ3v) is 4.96. The number of ether oxygens (including phenoxy) is 5. The molecule has 0 radical (unpaired) electrons. The molecule has 7 nitrogen and oxygen atoms in total. The van der Waals surface area contributed by atoms with E-state index >= 15 is 0 Å². The molecule has 168 valence electrons. The van der Waals surface area contributed by atoms with Crippen LogP contribution < -0.4 is 23.7 Å². The molecule has 4 rings (SSSR count). The van der Waals surface area contributed by atoms with Gasteiger partial charge in [-0.15, -0.1) is 0 Å². The first kappa shape index (κ1) is 22.0. The Labute approximate surface area is 191 Å². The van der Waals surface area contributed by atoms with Gasteiger partial charge in [0.15, 0.2) is 17.3 Å². The molecule has 0 N–H and O–H groups in total. The highest BCUT2D eigenvalue weighted by Gasteiger charge is 2.28. The second kappa shape index (κ2) is 9.48. The first-order valence-corrected chi connectivity index (χ1v) is 10.3. The van der Waals surface area contributed by atoms with Crippen molar-refractivity contribution in [3.05, 3.63) is 83.1 Å². The fourth-order valence-electron chi connectivity index (χ4n) is 3.34. The lowest BCUT2D eigenvalue weighted by atomic mass is 10.1. The number of methoxy groups -OCH3 is 2. The predicted octanol–water partition coefficient (Wildman–Crippen LogP) is 4.94. The highest BCUT2D eigenvalue weighted by atomic mass is 16.5. The number of esters is 1. The Bertz CT molecular complexity index is 1230. The quantitative estimate of drug-likeness (QED) is 0.289. The Morgan fingerprint density at radius 2 is 1.64 bits per heavy atom. The molecule has 0 unspecified atom stereocenters. The maximum Gasteiger partial charge on any atom is 0.343 e. The predicted molar refractivity (Wildman–Crippen MR) is 121 cm³/mol. The average Bonchev–Trinajstić information content (AvgIpc) is 3.14. The minimum atomic E-state index is -0.578. The van der Waals surface area contributed by atoms with Gasteiger partial charge in [0.05, 0.1) is 32.0 Å². The van der Waals surface area contributed by atoms with Gasteiger partial charge in [-0.3, -0.25) is 4.79 Å². The topological polar surface area (TPSA) is 80.3 Å². The van der Waals surface area contributed by atoms with Crippen molar-refractivity contribution < 1.29 is 33.3 Å². The summed E-state index contributed by atoms with van der Waals surface area (Å²) in [6, 6.07) is 16.7. The van der Waals surface area contributed by atoms with Crippen LogP contribution in [0.2, 0.25) is 0 Å². The Hall–Kier alpha value is -4.26. The molecular weight excluding hydrogens is 424 g/mol. The van der Waals surface area contributed by atoms with Crippen LogP contribution in [0.5, 0.6) is 28.7 Å². The summed E-state index contributed by atoms with van der Waals surface area (Å²) in [4.78, 5) is 25.3. The molecule has 7 heteroatoms. The summed E-state index contributed by atoms with van der Waals surface area (Å²) in [6.07, 6.45) is 1.66. The van der Waals surface area contributed by atoms with Crippen LogP contribution in [0.15, 0.2) is 66.4 Å². The Kier molecular flexibility index (Phi) is 6.31. The van der Waals surface area contributed by atoms with Crippen LogP contribution in [0, 0.1) is 0 Å². The molecular formula is C26H22O7. The molecule has 0 saturated carbocycles. The molecule has 0 atom stereocenters. The van der Waals surface area contributed by atoms with E-state index in [-0.39, 0.29) is 17.3 Å². The number of Topliss-reactive ketones (excluding diaryl/α,β-unsaturated/α-hetero) is 1. The van der Waals surface area contributed by atoms with E-state index in [1.807, 2.05) is 31.2 Å². The van der Waals surface area contributed by atoms with E-state index in [4.69, 9.17) is 23.7 Å². The van der Waals surface area contributed by atoms with Crippen LogP contribution in [0.25, 0.3) is 6.08 Å². The van der Waals surface area contributed by atoms with Crippen molar-refractivity contribution in [3.8, 4) is 28.7 Å². The molecule has 33 heavy (non-hydrogen) atoms. The summed E-state index contributed by atoms with van der Waals surface area (Å²) in [5.41, 5.74) is 1.49. The van der Waals surface area contributed by atoms with Crippen LogP contribution in [0.4, 0.5) is 0 Å². The molecule has 0 saturated heterocycles. The van der Waals surface area contributed by atoms with Crippen LogP contribution in [0.1, 0.15) is 33.2 Å². The van der Waals surface area contributed by atoms with E-state index < -0.39 is 5.97 Å². The van der Waals surface area contributed by atoms with Gasteiger partial charge >= 0.3 is 5.97 Å². The van der Waals surface area contributed by atoms with Crippen LogP contribution in [-0.2, 0) is 0 Å². The third kappa shape index (κ3) is 4.67. The van der Waals surface area contributed by atoms with Crippen molar-refractivity contribution in [2.75, 3.05) is 20.8 Å². The normalized spacial score (nSPS) is 13.3. The molecule has 1 aliphatic heterocycles. The first-order valence-electron chi connectivity index (χ1n) is 10.3. The number of carbonyl (C=O) groups is 2. The maximum atomic E-state index is 12.7. The molecule has 0 aliphatic carbocycles. The third-order valence-electron chi connectivity index (χ3n) is 4.96. The van der Waals surface area contributed by atoms with Crippen molar-refractivity contribution >= 4 is 17.8 Å². The maximum absolute atomic E-state index is 12.7. The van der Waals surface area contributed by atoms with Crippen molar-refractivity contribution in [1.82, 2.24) is 0 Å². The van der Waals surface area contributed by atoms with Gasteiger partial charge in [-0.1, -0.05) is 12.1 Å². The van der Waals surface area contributed by atoms with Crippen LogP contribution in [0.3, 0.4) is 0 Å². The number of carbonyl (C=O) groups excluding carboxylic acids is 2. The zero-order valence-corrected chi connectivity index (χ0v) is 18.4. The fourth-order valence-corrected chi connectivity index (χ4v) is 3.34. The van der Waals surface area contributed by atoms with Crippen molar-refractivity contribution in [1.29, 1.82) is 0 Å². The number of fused-ring (bicyclic) bond motifs is 1. The summed E-state index contributed by atoms with van der Waals surface area (Å²) in [5.74, 6) is 1.63. The zero-order chi connectivity index (χ0) is 23.4. The number of allylic oxidation sites excluding steroid dienone is 1. The second-order valence-electron chi connectivity index (χ2n) is 7.06. The number of hydrogen-bond acceptors (Lipinski definition) is 7. The minimum Gasteiger partial charge on any atom is -0.494 e. The molecule has 0 spiro atoms. The largest absolute Gasteiger partial charge is 0.494 e. The van der Waals surface area contributed by atoms with Gasteiger partial charge in [0.25, 0.3) is 0 Å². The first-order chi connectivity index (χ1) is 16.0. The monoisotopic (exact) mass is 446 g/mol. The summed E-state index contributed by atoms with van der Waals surface area (Å²) in [6.45, 7) is 2.49. The highest BCUT2D eigenvalue weighted by Crippen LogP contribution is 2.35. The van der Waals surface area contributed by atoms with Gasteiger partial charge in [-0.25, -0.2) is 4.79 Å². The molecule has 0 fully saturated rings. The van der Waals surface area contributed by atoms with Gasteiger partial charge < -0.3 is 23.7 Å². The SMILES string of the molecule is CCOc1ccc(C=C2Oc3cc(OC(=O)c4ccc(OC)c(OC)c4)ccc3C2=O)cc1. The van der Waals surface area contributed by atoms with Crippen molar-refractivity contribution in [3.63, 3.8) is 0 Å². The van der Waals surface area contributed by atoms with Gasteiger partial charge in [-0.05, 0) is 61.0 Å². The number of hydrogen-bond donors (Lipinski definition) is 0. The lowest BCUT2D eigenvalue weighted by Gasteiger charge is -2.10. The van der Waals surface area contributed by atoms with E-state index in [1.165, 1.54) is 26.4 Å². The number of ketones is 1. The zero-order valence-electron chi connectivity index (χ0n) is 18.4. The summed E-state index contributed by atoms with van der Waals surface area (Å²) in [5, 5.41) is 0. The van der Waals surface area contributed by atoms with E-state index in [2.05, 4.69) is 0 Å². The average molecular weight is 446 g/mol. The highest BCUT2D eigenvalue weighted by molar-refractivity contribution is 6.14. The lowest BCUT2D eigenvalue weighted by molar-refractivity contribution is 0.0734. The van der Waals surface area contributed by atoms with Crippen molar-refractivity contribution in [2.45, 2.75) is 6.92 Å². The van der Waals surface area contributed by atoms with Gasteiger partial charge in [0.2, 0.25) is 5.78 Å². The number of benzene rings is 3. The molecule has 0 bridgehead atoms. The minimum absolute atomic E-state index is 0.192. The standard InChI is InChI=1S/C26H22O7/c1-4-31-18-8-5-16(6-9-18)13-24-25(27)20-11-10-19(15-22(20)33-24)32-26(28)17-7-12-21(29-2)23(14-17)30-3/h5-15H,4H2,1-3H3. The van der Waals surface area contributed by atoms with Gasteiger partial charge in [-0.2, -0.15) is 0 Å². The van der Waals surface area contributed by atoms with E-state index in [0.29, 0.717) is 35.0 Å².